The van der Waals surface area contributed by atoms with Gasteiger partial charge >= 0.3 is 5.97 Å². The van der Waals surface area contributed by atoms with E-state index < -0.39 is 11.4 Å². The minimum Gasteiger partial charge on any atom is -0.481 e. The van der Waals surface area contributed by atoms with Gasteiger partial charge in [0.05, 0.1) is 5.41 Å². The van der Waals surface area contributed by atoms with Gasteiger partial charge in [-0.3, -0.25) is 9.59 Å². The second-order valence-corrected chi connectivity index (χ2v) is 6.66. The summed E-state index contributed by atoms with van der Waals surface area (Å²) in [6.07, 6.45) is 4.23. The van der Waals surface area contributed by atoms with E-state index in [0.717, 1.165) is 0 Å². The molecule has 0 unspecified atom stereocenters. The van der Waals surface area contributed by atoms with Crippen LogP contribution in [0.3, 0.4) is 0 Å². The first-order valence-electron chi connectivity index (χ1n) is 4.91. The standard InChI is InChI=1S/C11H16O3S/c1-10(2,3)15-8(12)4-5-11(6-7-11)9(13)14/h4-5H,6-7H2,1-3H3,(H,13,14). The maximum atomic E-state index is 11.4. The summed E-state index contributed by atoms with van der Waals surface area (Å²) in [6, 6.07) is 0. The molecule has 0 spiro atoms. The Bertz CT molecular complexity index is 308. The largest absolute Gasteiger partial charge is 0.481 e. The SMILES string of the molecule is CC(C)(C)SC(=O)C=CC1(C(=O)O)CC1. The van der Waals surface area contributed by atoms with E-state index in [0.29, 0.717) is 12.8 Å². The van der Waals surface area contributed by atoms with Crippen LogP contribution in [0, 0.1) is 5.41 Å². The minimum absolute atomic E-state index is 0.0741. The molecule has 1 aliphatic rings. The Morgan fingerprint density at radius 1 is 1.33 bits per heavy atom. The summed E-state index contributed by atoms with van der Waals surface area (Å²) in [6.45, 7) is 5.86. The summed E-state index contributed by atoms with van der Waals surface area (Å²) in [4.78, 5) is 22.3. The third kappa shape index (κ3) is 3.70. The number of carbonyl (C=O) groups is 2. The number of carbonyl (C=O) groups excluding carboxylic acids is 1. The molecule has 0 saturated heterocycles. The van der Waals surface area contributed by atoms with Crippen LogP contribution in [0.1, 0.15) is 33.6 Å². The molecule has 0 aromatic heterocycles. The summed E-state index contributed by atoms with van der Waals surface area (Å²) >= 11 is 1.22. The van der Waals surface area contributed by atoms with Gasteiger partial charge in [-0.1, -0.05) is 38.6 Å². The van der Waals surface area contributed by atoms with Crippen LogP contribution >= 0.6 is 11.8 Å². The van der Waals surface area contributed by atoms with Crippen LogP contribution in [0.15, 0.2) is 12.2 Å². The smallest absolute Gasteiger partial charge is 0.313 e. The number of aliphatic carboxylic acids is 1. The highest BCUT2D eigenvalue weighted by molar-refractivity contribution is 8.15. The van der Waals surface area contributed by atoms with E-state index in [1.807, 2.05) is 20.8 Å². The zero-order valence-corrected chi connectivity index (χ0v) is 10.1. The van der Waals surface area contributed by atoms with Crippen molar-refractivity contribution in [3.8, 4) is 0 Å². The Balaban J connectivity index is 2.52. The van der Waals surface area contributed by atoms with Crippen molar-refractivity contribution in [3.05, 3.63) is 12.2 Å². The molecular weight excluding hydrogens is 212 g/mol. The monoisotopic (exact) mass is 228 g/mol. The van der Waals surface area contributed by atoms with Crippen LogP contribution in [0.4, 0.5) is 0 Å². The minimum atomic E-state index is -0.827. The Hall–Kier alpha value is -0.770. The second-order valence-electron chi connectivity index (χ2n) is 4.83. The van der Waals surface area contributed by atoms with Gasteiger partial charge in [0.2, 0.25) is 5.12 Å². The fraction of sp³-hybridized carbons (Fsp3) is 0.636. The molecule has 1 fully saturated rings. The molecule has 1 N–H and O–H groups in total. The lowest BCUT2D eigenvalue weighted by atomic mass is 10.1. The molecule has 3 nitrogen and oxygen atoms in total. The van der Waals surface area contributed by atoms with E-state index in [9.17, 15) is 9.59 Å². The molecule has 0 amide bonds. The zero-order valence-electron chi connectivity index (χ0n) is 9.24. The molecule has 0 aromatic carbocycles. The van der Waals surface area contributed by atoms with Crippen LogP contribution < -0.4 is 0 Å². The first-order chi connectivity index (χ1) is 6.75. The average molecular weight is 228 g/mol. The fourth-order valence-corrected chi connectivity index (χ4v) is 1.89. The molecule has 0 aromatic rings. The Kier molecular flexibility index (Phi) is 3.28. The summed E-state index contributed by atoms with van der Waals surface area (Å²) < 4.78 is -0.124. The molecule has 0 heterocycles. The summed E-state index contributed by atoms with van der Waals surface area (Å²) in [5, 5.41) is 8.81. The lowest BCUT2D eigenvalue weighted by Crippen LogP contribution is -2.13. The van der Waals surface area contributed by atoms with Crippen molar-refractivity contribution in [2.24, 2.45) is 5.41 Å². The van der Waals surface area contributed by atoms with E-state index in [1.165, 1.54) is 23.9 Å². The highest BCUT2D eigenvalue weighted by Crippen LogP contribution is 2.47. The first kappa shape index (κ1) is 12.3. The van der Waals surface area contributed by atoms with E-state index >= 15 is 0 Å². The number of thioether (sulfide) groups is 1. The van der Waals surface area contributed by atoms with Gasteiger partial charge in [0, 0.05) is 4.75 Å². The van der Waals surface area contributed by atoms with Crippen LogP contribution in [-0.2, 0) is 9.59 Å². The van der Waals surface area contributed by atoms with Crippen molar-refractivity contribution in [1.82, 2.24) is 0 Å². The number of carboxylic acids is 1. The molecular formula is C11H16O3S. The van der Waals surface area contributed by atoms with Gasteiger partial charge in [0.1, 0.15) is 0 Å². The van der Waals surface area contributed by atoms with Crippen molar-refractivity contribution < 1.29 is 14.7 Å². The van der Waals surface area contributed by atoms with Crippen LogP contribution in [0.2, 0.25) is 0 Å². The quantitative estimate of drug-likeness (QED) is 0.754. The lowest BCUT2D eigenvalue weighted by molar-refractivity contribution is -0.141. The van der Waals surface area contributed by atoms with Crippen molar-refractivity contribution >= 4 is 22.8 Å². The maximum absolute atomic E-state index is 11.4. The highest BCUT2D eigenvalue weighted by Gasteiger charge is 2.47. The molecule has 0 bridgehead atoms. The van der Waals surface area contributed by atoms with Crippen LogP contribution in [0.5, 0.6) is 0 Å². The average Bonchev–Trinajstić information content (AvgIpc) is 2.77. The Labute approximate surface area is 93.9 Å². The van der Waals surface area contributed by atoms with Gasteiger partial charge in [-0.2, -0.15) is 0 Å². The molecule has 4 heteroatoms. The molecule has 15 heavy (non-hydrogen) atoms. The summed E-state index contributed by atoms with van der Waals surface area (Å²) in [5.74, 6) is -0.827. The van der Waals surface area contributed by atoms with E-state index in [1.54, 1.807) is 0 Å². The first-order valence-corrected chi connectivity index (χ1v) is 5.72. The lowest BCUT2D eigenvalue weighted by Gasteiger charge is -2.14. The molecule has 0 aliphatic heterocycles. The van der Waals surface area contributed by atoms with Crippen LogP contribution in [-0.4, -0.2) is 20.9 Å². The van der Waals surface area contributed by atoms with Crippen molar-refractivity contribution in [1.29, 1.82) is 0 Å². The molecule has 1 rings (SSSR count). The summed E-state index contributed by atoms with van der Waals surface area (Å²) in [7, 11) is 0. The third-order valence-corrected chi connectivity index (χ3v) is 3.11. The molecule has 1 saturated carbocycles. The summed E-state index contributed by atoms with van der Waals surface area (Å²) in [5.41, 5.74) is -0.742. The van der Waals surface area contributed by atoms with Crippen molar-refractivity contribution in [3.63, 3.8) is 0 Å². The third-order valence-electron chi connectivity index (χ3n) is 2.16. The number of hydrogen-bond acceptors (Lipinski definition) is 3. The van der Waals surface area contributed by atoms with E-state index in [-0.39, 0.29) is 9.86 Å². The van der Waals surface area contributed by atoms with Crippen molar-refractivity contribution in [2.45, 2.75) is 38.4 Å². The molecule has 0 radical (unpaired) electrons. The second kappa shape index (κ2) is 4.00. The molecule has 84 valence electrons. The maximum Gasteiger partial charge on any atom is 0.313 e. The number of rotatable bonds is 3. The van der Waals surface area contributed by atoms with E-state index in [4.69, 9.17) is 5.11 Å². The van der Waals surface area contributed by atoms with Gasteiger partial charge in [0.15, 0.2) is 0 Å². The Morgan fingerprint density at radius 3 is 2.20 bits per heavy atom. The normalized spacial score (nSPS) is 19.1. The van der Waals surface area contributed by atoms with Gasteiger partial charge in [-0.05, 0) is 18.9 Å². The number of hydrogen-bond donors (Lipinski definition) is 1. The van der Waals surface area contributed by atoms with Gasteiger partial charge in [-0.25, -0.2) is 0 Å². The Morgan fingerprint density at radius 2 is 1.87 bits per heavy atom. The van der Waals surface area contributed by atoms with Gasteiger partial charge < -0.3 is 5.11 Å². The van der Waals surface area contributed by atoms with Gasteiger partial charge in [-0.15, -0.1) is 0 Å². The predicted octanol–water partition coefficient (Wildman–Crippen LogP) is 2.47. The zero-order chi connectivity index (χ0) is 11.7. The number of carboxylic acid groups (broad SMARTS) is 1. The highest BCUT2D eigenvalue weighted by atomic mass is 32.2. The van der Waals surface area contributed by atoms with E-state index in [2.05, 4.69) is 0 Å². The van der Waals surface area contributed by atoms with Gasteiger partial charge in [0.25, 0.3) is 0 Å². The predicted molar refractivity (Wildman–Crippen MR) is 60.8 cm³/mol. The van der Waals surface area contributed by atoms with Crippen molar-refractivity contribution in [2.75, 3.05) is 0 Å². The topological polar surface area (TPSA) is 54.4 Å². The van der Waals surface area contributed by atoms with Crippen LogP contribution in [0.25, 0.3) is 0 Å². The molecule has 0 atom stereocenters. The fourth-order valence-electron chi connectivity index (χ4n) is 1.15. The molecule has 1 aliphatic carbocycles.